The number of carbonyl (C=O) groups is 1. The molecular weight excluding hydrogens is 410 g/mol. The van der Waals surface area contributed by atoms with Crippen LogP contribution in [0.3, 0.4) is 0 Å². The first kappa shape index (κ1) is 22.7. The number of nitrogens with one attached hydrogen (secondary N) is 3. The number of aromatic hydroxyl groups is 1. The maximum atomic E-state index is 12.9. The molecular formula is C23H27N5O4. The second-order valence-electron chi connectivity index (χ2n) is 7.60. The van der Waals surface area contributed by atoms with Crippen molar-refractivity contribution in [2.45, 2.75) is 19.4 Å². The number of anilines is 3. The number of nitrogens with zero attached hydrogens (tertiary/aromatic N) is 2. The molecule has 2 aromatic carbocycles. The molecule has 32 heavy (non-hydrogen) atoms. The van der Waals surface area contributed by atoms with E-state index in [4.69, 9.17) is 0 Å². The smallest absolute Gasteiger partial charge is 0.290 e. The Morgan fingerprint density at radius 2 is 1.78 bits per heavy atom. The monoisotopic (exact) mass is 437 g/mol. The van der Waals surface area contributed by atoms with Crippen molar-refractivity contribution in [2.75, 3.05) is 24.7 Å². The number of para-hydroxylation sites is 1. The number of phenols is 1. The average molecular weight is 438 g/mol. The molecule has 0 radical (unpaired) electrons. The molecule has 9 heteroatoms. The van der Waals surface area contributed by atoms with E-state index in [1.165, 1.54) is 24.1 Å². The minimum Gasteiger partial charge on any atom is -0.505 e. The lowest BCUT2D eigenvalue weighted by Gasteiger charge is -2.21. The largest absolute Gasteiger partial charge is 0.505 e. The molecule has 0 bridgehead atoms. The van der Waals surface area contributed by atoms with E-state index in [-0.39, 0.29) is 34.4 Å². The molecule has 9 nitrogen and oxygen atoms in total. The van der Waals surface area contributed by atoms with Crippen LogP contribution in [0.25, 0.3) is 0 Å². The molecule has 4 N–H and O–H groups in total. The number of aryl methyl sites for hydroxylation is 1. The van der Waals surface area contributed by atoms with E-state index in [0.29, 0.717) is 6.42 Å². The van der Waals surface area contributed by atoms with E-state index in [9.17, 15) is 19.5 Å². The molecule has 3 rings (SSSR count). The predicted molar refractivity (Wildman–Crippen MR) is 125 cm³/mol. The molecule has 0 saturated heterocycles. The Bertz CT molecular complexity index is 1230. The number of hydrogen-bond acceptors (Lipinski definition) is 6. The summed E-state index contributed by atoms with van der Waals surface area (Å²) in [6.45, 7) is 1.97. The van der Waals surface area contributed by atoms with Crippen molar-refractivity contribution < 1.29 is 9.90 Å². The fourth-order valence-electron chi connectivity index (χ4n) is 3.37. The quantitative estimate of drug-likeness (QED) is 0.422. The van der Waals surface area contributed by atoms with Gasteiger partial charge in [-0.05, 0) is 24.1 Å². The molecule has 1 aromatic heterocycles. The number of hydrogen-bond donors (Lipinski definition) is 4. The van der Waals surface area contributed by atoms with Crippen LogP contribution < -0.4 is 21.8 Å². The zero-order valence-corrected chi connectivity index (χ0v) is 18.5. The number of benzene rings is 2. The average Bonchev–Trinajstić information content (AvgIpc) is 2.78. The molecule has 168 valence electrons. The number of H-pyrrole nitrogens is 1. The molecule has 1 amide bonds. The third kappa shape index (κ3) is 4.51. The van der Waals surface area contributed by atoms with Gasteiger partial charge in [-0.25, -0.2) is 0 Å². The number of rotatable bonds is 7. The third-order valence-corrected chi connectivity index (χ3v) is 5.13. The summed E-state index contributed by atoms with van der Waals surface area (Å²) in [6.07, 6.45) is 0.663. The molecule has 0 aliphatic carbocycles. The van der Waals surface area contributed by atoms with Crippen LogP contribution in [0.15, 0.2) is 58.1 Å². The van der Waals surface area contributed by atoms with E-state index >= 15 is 0 Å². The molecule has 1 heterocycles. The molecule has 0 saturated carbocycles. The first-order valence-corrected chi connectivity index (χ1v) is 10.2. The second kappa shape index (κ2) is 9.42. The second-order valence-corrected chi connectivity index (χ2v) is 7.60. The number of carbonyl (C=O) groups excluding carboxylic acids is 1. The summed E-state index contributed by atoms with van der Waals surface area (Å²) in [7, 11) is 4.58. The van der Waals surface area contributed by atoms with E-state index in [0.717, 1.165) is 10.2 Å². The highest BCUT2D eigenvalue weighted by atomic mass is 16.3. The summed E-state index contributed by atoms with van der Waals surface area (Å²) in [4.78, 5) is 39.4. The molecule has 3 aromatic rings. The minimum absolute atomic E-state index is 0.0321. The lowest BCUT2D eigenvalue weighted by Crippen LogP contribution is -2.32. The Balaban J connectivity index is 2.08. The van der Waals surface area contributed by atoms with Crippen molar-refractivity contribution in [1.29, 1.82) is 0 Å². The molecule has 0 aliphatic rings. The van der Waals surface area contributed by atoms with Crippen molar-refractivity contribution in [3.8, 4) is 5.75 Å². The molecule has 1 atom stereocenters. The van der Waals surface area contributed by atoms with Crippen LogP contribution in [-0.4, -0.2) is 39.8 Å². The first-order chi connectivity index (χ1) is 15.2. The zero-order chi connectivity index (χ0) is 23.4. The lowest BCUT2D eigenvalue weighted by molar-refractivity contribution is 0.0824. The molecule has 0 fully saturated rings. The Labute approximate surface area is 185 Å². The van der Waals surface area contributed by atoms with E-state index in [1.807, 2.05) is 37.3 Å². The first-order valence-electron chi connectivity index (χ1n) is 10.2. The summed E-state index contributed by atoms with van der Waals surface area (Å²) >= 11 is 0. The highest BCUT2D eigenvalue weighted by Crippen LogP contribution is 2.32. The Morgan fingerprint density at radius 3 is 2.41 bits per heavy atom. The Hall–Kier alpha value is -4.01. The SMILES string of the molecule is CCC(Nc1c(Nc2cccc(C(=O)N(C)C)c2O)c(=O)n(C)[nH]c1=O)c1ccccc1. The van der Waals surface area contributed by atoms with E-state index in [1.54, 1.807) is 20.2 Å². The Morgan fingerprint density at radius 1 is 1.09 bits per heavy atom. The number of amides is 1. The topological polar surface area (TPSA) is 119 Å². The zero-order valence-electron chi connectivity index (χ0n) is 18.5. The summed E-state index contributed by atoms with van der Waals surface area (Å²) < 4.78 is 1.06. The van der Waals surface area contributed by atoms with Gasteiger partial charge in [-0.2, -0.15) is 0 Å². The summed E-state index contributed by atoms with van der Waals surface area (Å²) in [5, 5.41) is 19.2. The van der Waals surface area contributed by atoms with Crippen LogP contribution in [-0.2, 0) is 7.05 Å². The normalized spacial score (nSPS) is 11.6. The lowest BCUT2D eigenvalue weighted by atomic mass is 10.0. The molecule has 1 unspecified atom stereocenters. The van der Waals surface area contributed by atoms with Gasteiger partial charge in [0.2, 0.25) is 0 Å². The van der Waals surface area contributed by atoms with Crippen molar-refractivity contribution >= 4 is 23.0 Å². The summed E-state index contributed by atoms with van der Waals surface area (Å²) in [5.74, 6) is -0.701. The molecule has 0 spiro atoms. The van der Waals surface area contributed by atoms with Crippen molar-refractivity contribution in [3.63, 3.8) is 0 Å². The predicted octanol–water partition coefficient (Wildman–Crippen LogP) is 2.79. The minimum atomic E-state index is -0.501. The summed E-state index contributed by atoms with van der Waals surface area (Å²) in [5.41, 5.74) is 0.191. The van der Waals surface area contributed by atoms with Crippen molar-refractivity contribution in [1.82, 2.24) is 14.7 Å². The number of phenolic OH excluding ortho intramolecular Hbond substituents is 1. The van der Waals surface area contributed by atoms with Crippen LogP contribution in [0.5, 0.6) is 5.75 Å². The fraction of sp³-hybridized carbons (Fsp3) is 0.261. The standard InChI is InChI=1S/C23H27N5O4/c1-5-16(14-10-7-6-8-11-14)24-18-19(23(32)28(4)26-21(18)30)25-17-13-9-12-15(20(17)29)22(31)27(2)3/h6-13,16,24-25,29H,5H2,1-4H3,(H,26,30). The van der Waals surface area contributed by atoms with Gasteiger partial charge in [-0.1, -0.05) is 43.3 Å². The van der Waals surface area contributed by atoms with Gasteiger partial charge in [-0.15, -0.1) is 0 Å². The van der Waals surface area contributed by atoms with Gasteiger partial charge in [0.25, 0.3) is 17.0 Å². The highest BCUT2D eigenvalue weighted by Gasteiger charge is 2.21. The van der Waals surface area contributed by atoms with Crippen LogP contribution in [0.1, 0.15) is 35.3 Å². The van der Waals surface area contributed by atoms with Gasteiger partial charge in [0.05, 0.1) is 17.3 Å². The van der Waals surface area contributed by atoms with Crippen LogP contribution in [0, 0.1) is 0 Å². The van der Waals surface area contributed by atoms with E-state index in [2.05, 4.69) is 15.7 Å². The fourth-order valence-corrected chi connectivity index (χ4v) is 3.37. The van der Waals surface area contributed by atoms with Crippen molar-refractivity contribution in [2.24, 2.45) is 7.05 Å². The van der Waals surface area contributed by atoms with Gasteiger partial charge in [0.1, 0.15) is 11.4 Å². The maximum Gasteiger partial charge on any atom is 0.290 e. The summed E-state index contributed by atoms with van der Waals surface area (Å²) in [6, 6.07) is 14.0. The van der Waals surface area contributed by atoms with Crippen LogP contribution >= 0.6 is 0 Å². The van der Waals surface area contributed by atoms with Gasteiger partial charge in [-0.3, -0.25) is 24.2 Å². The molecule has 0 aliphatic heterocycles. The van der Waals surface area contributed by atoms with Gasteiger partial charge in [0, 0.05) is 21.1 Å². The Kier molecular flexibility index (Phi) is 6.67. The van der Waals surface area contributed by atoms with Crippen molar-refractivity contribution in [3.05, 3.63) is 80.4 Å². The van der Waals surface area contributed by atoms with E-state index < -0.39 is 17.0 Å². The highest BCUT2D eigenvalue weighted by molar-refractivity contribution is 5.98. The van der Waals surface area contributed by atoms with Gasteiger partial charge >= 0.3 is 0 Å². The maximum absolute atomic E-state index is 12.9. The van der Waals surface area contributed by atoms with Gasteiger partial charge < -0.3 is 20.6 Å². The van der Waals surface area contributed by atoms with Gasteiger partial charge in [0.15, 0.2) is 5.75 Å². The van der Waals surface area contributed by atoms with Crippen LogP contribution in [0.2, 0.25) is 0 Å². The number of aromatic nitrogens is 2. The third-order valence-electron chi connectivity index (χ3n) is 5.13. The van der Waals surface area contributed by atoms with Crippen LogP contribution in [0.4, 0.5) is 17.1 Å². The number of aromatic amines is 1.